The SMILES string of the molecule is CCC1CCCN1CCOc1cccc(C#CCO)c1. The molecule has 0 bridgehead atoms. The molecule has 108 valence electrons. The molecule has 1 heterocycles. The molecule has 1 saturated heterocycles. The van der Waals surface area contributed by atoms with Crippen LogP contribution in [0.2, 0.25) is 0 Å². The molecule has 2 rings (SSSR count). The van der Waals surface area contributed by atoms with Crippen molar-refractivity contribution >= 4 is 0 Å². The lowest BCUT2D eigenvalue weighted by Crippen LogP contribution is -2.32. The lowest BCUT2D eigenvalue weighted by molar-refractivity contribution is 0.193. The average molecular weight is 273 g/mol. The third-order valence-corrected chi connectivity index (χ3v) is 3.76. The molecular weight excluding hydrogens is 250 g/mol. The van der Waals surface area contributed by atoms with E-state index in [-0.39, 0.29) is 6.61 Å². The molecule has 1 unspecified atom stereocenters. The van der Waals surface area contributed by atoms with Gasteiger partial charge in [0.05, 0.1) is 0 Å². The summed E-state index contributed by atoms with van der Waals surface area (Å²) in [6, 6.07) is 8.46. The Hall–Kier alpha value is -1.50. The van der Waals surface area contributed by atoms with E-state index < -0.39 is 0 Å². The summed E-state index contributed by atoms with van der Waals surface area (Å²) in [7, 11) is 0. The quantitative estimate of drug-likeness (QED) is 0.836. The summed E-state index contributed by atoms with van der Waals surface area (Å²) < 4.78 is 5.81. The fraction of sp³-hybridized carbons (Fsp3) is 0.529. The molecule has 3 heteroatoms. The van der Waals surface area contributed by atoms with E-state index in [0.717, 1.165) is 23.9 Å². The van der Waals surface area contributed by atoms with Crippen molar-refractivity contribution in [3.05, 3.63) is 29.8 Å². The molecule has 1 fully saturated rings. The number of benzene rings is 1. The van der Waals surface area contributed by atoms with Gasteiger partial charge in [-0.1, -0.05) is 24.8 Å². The van der Waals surface area contributed by atoms with Crippen LogP contribution in [0.25, 0.3) is 0 Å². The second-order valence-corrected chi connectivity index (χ2v) is 5.08. The maximum atomic E-state index is 8.70. The summed E-state index contributed by atoms with van der Waals surface area (Å²) in [6.45, 7) is 5.05. The number of nitrogens with zero attached hydrogens (tertiary/aromatic N) is 1. The van der Waals surface area contributed by atoms with Gasteiger partial charge in [-0.25, -0.2) is 0 Å². The van der Waals surface area contributed by atoms with Crippen LogP contribution in [-0.2, 0) is 0 Å². The van der Waals surface area contributed by atoms with Crippen molar-refractivity contribution in [2.75, 3.05) is 26.3 Å². The predicted octanol–water partition coefficient (Wildman–Crippen LogP) is 2.28. The van der Waals surface area contributed by atoms with E-state index in [9.17, 15) is 0 Å². The van der Waals surface area contributed by atoms with E-state index in [1.165, 1.54) is 25.8 Å². The van der Waals surface area contributed by atoms with Crippen LogP contribution in [0.1, 0.15) is 31.7 Å². The first-order valence-corrected chi connectivity index (χ1v) is 7.40. The molecule has 1 atom stereocenters. The fourth-order valence-electron chi connectivity index (χ4n) is 2.74. The highest BCUT2D eigenvalue weighted by atomic mass is 16.5. The van der Waals surface area contributed by atoms with Crippen LogP contribution < -0.4 is 4.74 Å². The zero-order chi connectivity index (χ0) is 14.2. The summed E-state index contributed by atoms with van der Waals surface area (Å²) >= 11 is 0. The Balaban J connectivity index is 1.82. The summed E-state index contributed by atoms with van der Waals surface area (Å²) in [6.07, 6.45) is 3.86. The Morgan fingerprint density at radius 2 is 2.35 bits per heavy atom. The maximum absolute atomic E-state index is 8.70. The van der Waals surface area contributed by atoms with Gasteiger partial charge in [0.25, 0.3) is 0 Å². The van der Waals surface area contributed by atoms with Gasteiger partial charge in [0.1, 0.15) is 19.0 Å². The van der Waals surface area contributed by atoms with Crippen LogP contribution >= 0.6 is 0 Å². The highest BCUT2D eigenvalue weighted by Crippen LogP contribution is 2.19. The number of likely N-dealkylation sites (tertiary alicyclic amines) is 1. The normalized spacial score (nSPS) is 18.6. The van der Waals surface area contributed by atoms with Crippen LogP contribution in [0, 0.1) is 11.8 Å². The van der Waals surface area contributed by atoms with Gasteiger partial charge in [-0.15, -0.1) is 0 Å². The molecule has 1 aromatic rings. The third-order valence-electron chi connectivity index (χ3n) is 3.76. The fourth-order valence-corrected chi connectivity index (χ4v) is 2.74. The zero-order valence-corrected chi connectivity index (χ0v) is 12.1. The van der Waals surface area contributed by atoms with Crippen molar-refractivity contribution in [1.82, 2.24) is 4.90 Å². The third kappa shape index (κ3) is 4.26. The van der Waals surface area contributed by atoms with Crippen molar-refractivity contribution in [1.29, 1.82) is 0 Å². The van der Waals surface area contributed by atoms with E-state index in [2.05, 4.69) is 23.7 Å². The number of rotatable bonds is 5. The van der Waals surface area contributed by atoms with E-state index in [1.807, 2.05) is 24.3 Å². The minimum atomic E-state index is -0.113. The molecule has 1 aliphatic rings. The number of aliphatic hydroxyl groups excluding tert-OH is 1. The molecule has 0 aromatic heterocycles. The molecule has 0 aliphatic carbocycles. The van der Waals surface area contributed by atoms with Gasteiger partial charge < -0.3 is 9.84 Å². The second kappa shape index (κ2) is 7.94. The van der Waals surface area contributed by atoms with Crippen LogP contribution in [0.15, 0.2) is 24.3 Å². The van der Waals surface area contributed by atoms with Gasteiger partial charge in [0.2, 0.25) is 0 Å². The maximum Gasteiger partial charge on any atom is 0.120 e. The molecule has 0 amide bonds. The van der Waals surface area contributed by atoms with Gasteiger partial charge in [-0.3, -0.25) is 4.90 Å². The lowest BCUT2D eigenvalue weighted by atomic mass is 10.2. The van der Waals surface area contributed by atoms with Crippen LogP contribution in [-0.4, -0.2) is 42.4 Å². The smallest absolute Gasteiger partial charge is 0.120 e. The first-order valence-electron chi connectivity index (χ1n) is 7.40. The molecule has 0 saturated carbocycles. The molecule has 0 radical (unpaired) electrons. The lowest BCUT2D eigenvalue weighted by Gasteiger charge is -2.23. The second-order valence-electron chi connectivity index (χ2n) is 5.08. The molecular formula is C17H23NO2. The Labute approximate surface area is 121 Å². The van der Waals surface area contributed by atoms with Gasteiger partial charge in [-0.05, 0) is 44.0 Å². The standard InChI is InChI=1S/C17H23NO2/c1-2-16-8-4-10-18(16)11-13-20-17-9-3-6-15(14-17)7-5-12-19/h3,6,9,14,16,19H,2,4,8,10-13H2,1H3. The van der Waals surface area contributed by atoms with E-state index in [1.54, 1.807) is 0 Å². The van der Waals surface area contributed by atoms with Gasteiger partial charge in [0.15, 0.2) is 0 Å². The van der Waals surface area contributed by atoms with Crippen LogP contribution in [0.3, 0.4) is 0 Å². The van der Waals surface area contributed by atoms with Gasteiger partial charge in [-0.2, -0.15) is 0 Å². The molecule has 3 nitrogen and oxygen atoms in total. The van der Waals surface area contributed by atoms with Gasteiger partial charge >= 0.3 is 0 Å². The molecule has 0 spiro atoms. The first kappa shape index (κ1) is 14.9. The Kier molecular flexibility index (Phi) is 5.91. The topological polar surface area (TPSA) is 32.7 Å². The number of ether oxygens (including phenoxy) is 1. The van der Waals surface area contributed by atoms with Crippen molar-refractivity contribution in [3.63, 3.8) is 0 Å². The number of hydrogen-bond acceptors (Lipinski definition) is 3. The van der Waals surface area contributed by atoms with Crippen molar-refractivity contribution in [3.8, 4) is 17.6 Å². The van der Waals surface area contributed by atoms with Crippen LogP contribution in [0.4, 0.5) is 0 Å². The van der Waals surface area contributed by atoms with Crippen LogP contribution in [0.5, 0.6) is 5.75 Å². The molecule has 1 aliphatic heterocycles. The number of hydrogen-bond donors (Lipinski definition) is 1. The minimum absolute atomic E-state index is 0.113. The summed E-state index contributed by atoms with van der Waals surface area (Å²) in [4.78, 5) is 2.52. The summed E-state index contributed by atoms with van der Waals surface area (Å²) in [5, 5.41) is 8.70. The Morgan fingerprint density at radius 1 is 1.45 bits per heavy atom. The average Bonchev–Trinajstić information content (AvgIpc) is 2.93. The zero-order valence-electron chi connectivity index (χ0n) is 12.1. The molecule has 1 aromatic carbocycles. The molecule has 20 heavy (non-hydrogen) atoms. The summed E-state index contributed by atoms with van der Waals surface area (Å²) in [5.41, 5.74) is 0.879. The molecule has 1 N–H and O–H groups in total. The predicted molar refractivity (Wildman–Crippen MR) is 80.8 cm³/mol. The largest absolute Gasteiger partial charge is 0.492 e. The Morgan fingerprint density at radius 3 is 3.15 bits per heavy atom. The first-order chi connectivity index (χ1) is 9.83. The van der Waals surface area contributed by atoms with E-state index in [0.29, 0.717) is 6.61 Å². The summed E-state index contributed by atoms with van der Waals surface area (Å²) in [5.74, 6) is 6.39. The highest BCUT2D eigenvalue weighted by Gasteiger charge is 2.21. The van der Waals surface area contributed by atoms with E-state index >= 15 is 0 Å². The Bertz CT molecular complexity index is 475. The van der Waals surface area contributed by atoms with Crippen molar-refractivity contribution < 1.29 is 9.84 Å². The highest BCUT2D eigenvalue weighted by molar-refractivity contribution is 5.39. The number of aliphatic hydroxyl groups is 1. The minimum Gasteiger partial charge on any atom is -0.492 e. The van der Waals surface area contributed by atoms with E-state index in [4.69, 9.17) is 9.84 Å². The monoisotopic (exact) mass is 273 g/mol. The van der Waals surface area contributed by atoms with Gasteiger partial charge in [0, 0.05) is 18.2 Å². The van der Waals surface area contributed by atoms with Crippen molar-refractivity contribution in [2.45, 2.75) is 32.2 Å². The van der Waals surface area contributed by atoms with Crippen molar-refractivity contribution in [2.24, 2.45) is 0 Å².